The Morgan fingerprint density at radius 1 is 1.67 bits per heavy atom. The Morgan fingerprint density at radius 3 is 2.78 bits per heavy atom. The minimum Gasteiger partial charge on any atom is -0.505 e. The lowest BCUT2D eigenvalue weighted by atomic mass is 10.4. The van der Waals surface area contributed by atoms with Crippen molar-refractivity contribution < 1.29 is 5.11 Å². The van der Waals surface area contributed by atoms with Gasteiger partial charge in [-0.25, -0.2) is 0 Å². The van der Waals surface area contributed by atoms with Crippen LogP contribution >= 0.6 is 22.6 Å². The van der Waals surface area contributed by atoms with Crippen molar-refractivity contribution >= 4 is 22.6 Å². The number of aromatic hydroxyl groups is 1. The summed E-state index contributed by atoms with van der Waals surface area (Å²) in [6, 6.07) is 1.83. The monoisotopic (exact) mass is 235 g/mol. The first-order chi connectivity index (χ1) is 4.20. The summed E-state index contributed by atoms with van der Waals surface area (Å²) >= 11 is 2.06. The summed E-state index contributed by atoms with van der Waals surface area (Å²) in [7, 11) is 0. The molecule has 0 atom stereocenters. The van der Waals surface area contributed by atoms with E-state index in [0.29, 0.717) is 0 Å². The van der Waals surface area contributed by atoms with Gasteiger partial charge in [0.1, 0.15) is 5.75 Å². The van der Waals surface area contributed by atoms with Crippen molar-refractivity contribution in [1.82, 2.24) is 4.98 Å². The molecule has 9 heavy (non-hydrogen) atoms. The molecule has 0 radical (unpaired) electrons. The third kappa shape index (κ3) is 1.54. The summed E-state index contributed by atoms with van der Waals surface area (Å²) in [5.74, 6) is 0.251. The van der Waals surface area contributed by atoms with Crippen molar-refractivity contribution in [3.05, 3.63) is 21.5 Å². The molecule has 1 N–H and O–H groups in total. The highest BCUT2D eigenvalue weighted by Crippen LogP contribution is 2.17. The minimum absolute atomic E-state index is 0.251. The summed E-state index contributed by atoms with van der Waals surface area (Å²) in [6.45, 7) is 1.89. The molecular weight excluding hydrogens is 229 g/mol. The topological polar surface area (TPSA) is 33.1 Å². The number of hydrogen-bond donors (Lipinski definition) is 1. The lowest BCUT2D eigenvalue weighted by Crippen LogP contribution is -1.80. The molecule has 0 spiro atoms. The predicted octanol–water partition coefficient (Wildman–Crippen LogP) is 1.70. The number of hydrogen-bond acceptors (Lipinski definition) is 2. The molecule has 1 rings (SSSR count). The highest BCUT2D eigenvalue weighted by atomic mass is 127. The van der Waals surface area contributed by atoms with Crippen LogP contribution in [0.5, 0.6) is 5.75 Å². The summed E-state index contributed by atoms with van der Waals surface area (Å²) < 4.78 is 0.847. The van der Waals surface area contributed by atoms with E-state index < -0.39 is 0 Å². The Balaban J connectivity index is 3.17. The molecule has 0 bridgehead atoms. The highest BCUT2D eigenvalue weighted by molar-refractivity contribution is 14.1. The Kier molecular flexibility index (Phi) is 1.90. The van der Waals surface area contributed by atoms with Crippen molar-refractivity contribution in [3.8, 4) is 5.75 Å². The molecule has 3 heteroatoms. The van der Waals surface area contributed by atoms with Crippen molar-refractivity contribution in [2.75, 3.05) is 0 Å². The number of aryl methyl sites for hydroxylation is 1. The number of halogens is 1. The second kappa shape index (κ2) is 2.51. The van der Waals surface area contributed by atoms with Crippen LogP contribution in [0.15, 0.2) is 12.3 Å². The molecule has 1 aromatic heterocycles. The van der Waals surface area contributed by atoms with Gasteiger partial charge < -0.3 is 5.11 Å². The van der Waals surface area contributed by atoms with Gasteiger partial charge in [0.15, 0.2) is 0 Å². The SMILES string of the molecule is Cc1cc(I)c(O)cn1. The maximum Gasteiger partial charge on any atom is 0.147 e. The molecule has 2 nitrogen and oxygen atoms in total. The van der Waals surface area contributed by atoms with Crippen LogP contribution < -0.4 is 0 Å². The molecule has 0 aliphatic rings. The lowest BCUT2D eigenvalue weighted by Gasteiger charge is -1.94. The molecular formula is C6H6INO. The molecule has 0 amide bonds. The second-order valence-electron chi connectivity index (χ2n) is 1.78. The lowest BCUT2D eigenvalue weighted by molar-refractivity contribution is 0.468. The maximum absolute atomic E-state index is 8.97. The van der Waals surface area contributed by atoms with E-state index in [9.17, 15) is 0 Å². The molecule has 0 saturated heterocycles. The van der Waals surface area contributed by atoms with E-state index in [0.717, 1.165) is 9.26 Å². The van der Waals surface area contributed by atoms with Crippen LogP contribution in [0.25, 0.3) is 0 Å². The summed E-state index contributed by atoms with van der Waals surface area (Å²) in [5.41, 5.74) is 0.928. The molecule has 0 saturated carbocycles. The maximum atomic E-state index is 8.97. The summed E-state index contributed by atoms with van der Waals surface area (Å²) in [5, 5.41) is 8.97. The third-order valence-corrected chi connectivity index (χ3v) is 1.83. The van der Waals surface area contributed by atoms with Gasteiger partial charge in [0.25, 0.3) is 0 Å². The van der Waals surface area contributed by atoms with Crippen molar-refractivity contribution in [1.29, 1.82) is 0 Å². The van der Waals surface area contributed by atoms with Crippen LogP contribution in [0, 0.1) is 10.5 Å². The minimum atomic E-state index is 0.251. The summed E-state index contributed by atoms with van der Waals surface area (Å²) in [4.78, 5) is 3.88. The fourth-order valence-electron chi connectivity index (χ4n) is 0.519. The molecule has 0 aromatic carbocycles. The zero-order chi connectivity index (χ0) is 6.85. The van der Waals surface area contributed by atoms with Crippen LogP contribution in [0.1, 0.15) is 5.69 Å². The van der Waals surface area contributed by atoms with Gasteiger partial charge in [-0.15, -0.1) is 0 Å². The van der Waals surface area contributed by atoms with Crippen molar-refractivity contribution in [2.24, 2.45) is 0 Å². The standard InChI is InChI=1S/C6H6INO/c1-4-2-5(7)6(9)3-8-4/h2-3,9H,1H3. The van der Waals surface area contributed by atoms with Gasteiger partial charge in [-0.05, 0) is 35.6 Å². The second-order valence-corrected chi connectivity index (χ2v) is 2.94. The van der Waals surface area contributed by atoms with E-state index in [1.54, 1.807) is 0 Å². The first kappa shape index (κ1) is 6.80. The third-order valence-electron chi connectivity index (χ3n) is 0.971. The average Bonchev–Trinajstić information content (AvgIpc) is 1.80. The van der Waals surface area contributed by atoms with Crippen LogP contribution in [-0.4, -0.2) is 10.1 Å². The number of rotatable bonds is 0. The van der Waals surface area contributed by atoms with Gasteiger partial charge in [0.05, 0.1) is 9.77 Å². The van der Waals surface area contributed by atoms with Gasteiger partial charge in [-0.3, -0.25) is 4.98 Å². The van der Waals surface area contributed by atoms with E-state index in [1.165, 1.54) is 6.20 Å². The van der Waals surface area contributed by atoms with Gasteiger partial charge in [0, 0.05) is 5.69 Å². The zero-order valence-electron chi connectivity index (χ0n) is 4.93. The Bertz CT molecular complexity index is 224. The molecule has 0 aliphatic heterocycles. The van der Waals surface area contributed by atoms with Crippen LogP contribution in [-0.2, 0) is 0 Å². The fourth-order valence-corrected chi connectivity index (χ4v) is 1.11. The molecule has 1 aromatic rings. The summed E-state index contributed by atoms with van der Waals surface area (Å²) in [6.07, 6.45) is 1.46. The molecule has 0 fully saturated rings. The molecule has 0 aliphatic carbocycles. The molecule has 48 valence electrons. The van der Waals surface area contributed by atoms with E-state index in [1.807, 2.05) is 13.0 Å². The van der Waals surface area contributed by atoms with E-state index in [4.69, 9.17) is 5.11 Å². The van der Waals surface area contributed by atoms with E-state index >= 15 is 0 Å². The molecule has 1 heterocycles. The fraction of sp³-hybridized carbons (Fsp3) is 0.167. The van der Waals surface area contributed by atoms with Gasteiger partial charge in [-0.2, -0.15) is 0 Å². The normalized spacial score (nSPS) is 9.56. The average molecular weight is 235 g/mol. The van der Waals surface area contributed by atoms with Crippen LogP contribution in [0.2, 0.25) is 0 Å². The zero-order valence-corrected chi connectivity index (χ0v) is 7.08. The van der Waals surface area contributed by atoms with E-state index in [-0.39, 0.29) is 5.75 Å². The predicted molar refractivity (Wildman–Crippen MR) is 43.4 cm³/mol. The van der Waals surface area contributed by atoms with Gasteiger partial charge in [-0.1, -0.05) is 0 Å². The quantitative estimate of drug-likeness (QED) is 0.694. The largest absolute Gasteiger partial charge is 0.505 e. The number of pyridine rings is 1. The number of nitrogens with zero attached hydrogens (tertiary/aromatic N) is 1. The molecule has 0 unspecified atom stereocenters. The van der Waals surface area contributed by atoms with Crippen LogP contribution in [0.3, 0.4) is 0 Å². The Hall–Kier alpha value is -0.320. The van der Waals surface area contributed by atoms with Gasteiger partial charge >= 0.3 is 0 Å². The Morgan fingerprint density at radius 2 is 2.33 bits per heavy atom. The first-order valence-corrected chi connectivity index (χ1v) is 3.59. The van der Waals surface area contributed by atoms with E-state index in [2.05, 4.69) is 27.6 Å². The van der Waals surface area contributed by atoms with Crippen LogP contribution in [0.4, 0.5) is 0 Å². The first-order valence-electron chi connectivity index (χ1n) is 2.51. The van der Waals surface area contributed by atoms with Gasteiger partial charge in [0.2, 0.25) is 0 Å². The smallest absolute Gasteiger partial charge is 0.147 e. The van der Waals surface area contributed by atoms with Crippen molar-refractivity contribution in [3.63, 3.8) is 0 Å². The Labute approximate surface area is 67.1 Å². The highest BCUT2D eigenvalue weighted by Gasteiger charge is 1.94. The number of aromatic nitrogens is 1. The van der Waals surface area contributed by atoms with Crippen molar-refractivity contribution in [2.45, 2.75) is 6.92 Å².